The highest BCUT2D eigenvalue weighted by Gasteiger charge is 2.19. The first-order valence-electron chi connectivity index (χ1n) is 8.09. The molecule has 2 N–H and O–H groups in total. The number of amides is 1. The smallest absolute Gasteiger partial charge is 0.337 e. The van der Waals surface area contributed by atoms with E-state index in [9.17, 15) is 9.59 Å². The van der Waals surface area contributed by atoms with Crippen molar-refractivity contribution in [2.75, 3.05) is 5.32 Å². The minimum atomic E-state index is -1.10. The van der Waals surface area contributed by atoms with Gasteiger partial charge in [-0.1, -0.05) is 45.0 Å². The van der Waals surface area contributed by atoms with Crippen LogP contribution in [0.2, 0.25) is 0 Å². The molecule has 1 unspecified atom stereocenters. The average Bonchev–Trinajstić information content (AvgIpc) is 2.54. The van der Waals surface area contributed by atoms with Gasteiger partial charge in [-0.05, 0) is 42.2 Å². The van der Waals surface area contributed by atoms with Crippen LogP contribution in [0.25, 0.3) is 0 Å². The number of carboxylic acid groups (broad SMARTS) is 1. The zero-order chi connectivity index (χ0) is 18.6. The first kappa shape index (κ1) is 18.5. The largest absolute Gasteiger partial charge is 0.481 e. The van der Waals surface area contributed by atoms with E-state index in [-0.39, 0.29) is 16.7 Å². The molecule has 2 rings (SSSR count). The average molecular weight is 341 g/mol. The molecule has 0 heterocycles. The van der Waals surface area contributed by atoms with E-state index in [1.807, 2.05) is 24.3 Å². The molecule has 2 aromatic rings. The molecule has 0 aromatic heterocycles. The number of aromatic carboxylic acids is 1. The van der Waals surface area contributed by atoms with Gasteiger partial charge in [-0.25, -0.2) is 4.79 Å². The first-order valence-corrected chi connectivity index (χ1v) is 8.09. The van der Waals surface area contributed by atoms with Gasteiger partial charge in [0.2, 0.25) is 0 Å². The van der Waals surface area contributed by atoms with Crippen LogP contribution in [0.5, 0.6) is 5.75 Å². The molecule has 5 nitrogen and oxygen atoms in total. The maximum absolute atomic E-state index is 12.3. The third-order valence-electron chi connectivity index (χ3n) is 3.82. The van der Waals surface area contributed by atoms with Crippen molar-refractivity contribution < 1.29 is 19.4 Å². The number of ether oxygens (including phenoxy) is 1. The van der Waals surface area contributed by atoms with Crippen molar-refractivity contribution in [3.05, 3.63) is 59.7 Å². The van der Waals surface area contributed by atoms with Crippen molar-refractivity contribution >= 4 is 17.6 Å². The number of benzene rings is 2. The summed E-state index contributed by atoms with van der Waals surface area (Å²) in [5.41, 5.74) is 1.51. The van der Waals surface area contributed by atoms with E-state index in [1.54, 1.807) is 25.1 Å². The predicted molar refractivity (Wildman–Crippen MR) is 97.3 cm³/mol. The van der Waals surface area contributed by atoms with Crippen LogP contribution in [-0.2, 0) is 10.2 Å². The van der Waals surface area contributed by atoms with Gasteiger partial charge >= 0.3 is 5.97 Å². The van der Waals surface area contributed by atoms with Gasteiger partial charge < -0.3 is 15.2 Å². The van der Waals surface area contributed by atoms with Crippen molar-refractivity contribution in [2.24, 2.45) is 0 Å². The topological polar surface area (TPSA) is 75.6 Å². The van der Waals surface area contributed by atoms with Crippen LogP contribution in [0.15, 0.2) is 48.5 Å². The fraction of sp³-hybridized carbons (Fsp3) is 0.300. The number of carboxylic acids is 1. The van der Waals surface area contributed by atoms with Crippen LogP contribution in [-0.4, -0.2) is 23.1 Å². The molecule has 0 fully saturated rings. The van der Waals surface area contributed by atoms with E-state index in [4.69, 9.17) is 9.84 Å². The Kier molecular flexibility index (Phi) is 5.47. The van der Waals surface area contributed by atoms with E-state index in [0.29, 0.717) is 5.75 Å². The van der Waals surface area contributed by atoms with Crippen molar-refractivity contribution in [1.82, 2.24) is 0 Å². The molecule has 0 bridgehead atoms. The van der Waals surface area contributed by atoms with Crippen LogP contribution >= 0.6 is 0 Å². The zero-order valence-corrected chi connectivity index (χ0v) is 14.9. The van der Waals surface area contributed by atoms with E-state index < -0.39 is 18.0 Å². The first-order chi connectivity index (χ1) is 11.7. The molecule has 0 aliphatic heterocycles. The number of hydrogen-bond donors (Lipinski definition) is 2. The van der Waals surface area contributed by atoms with Gasteiger partial charge in [0.05, 0.1) is 11.3 Å². The number of hydrogen-bond acceptors (Lipinski definition) is 3. The monoisotopic (exact) mass is 341 g/mol. The van der Waals surface area contributed by atoms with Gasteiger partial charge in [0, 0.05) is 0 Å². The Hall–Kier alpha value is -2.82. The number of para-hydroxylation sites is 1. The molecule has 1 amide bonds. The fourth-order valence-electron chi connectivity index (χ4n) is 2.30. The Morgan fingerprint density at radius 2 is 1.64 bits per heavy atom. The SMILES string of the molecule is CC(Oc1ccc(C(C)(C)C)cc1)C(=O)Nc1ccccc1C(=O)O. The maximum Gasteiger partial charge on any atom is 0.337 e. The Bertz CT molecular complexity index is 760. The highest BCUT2D eigenvalue weighted by Crippen LogP contribution is 2.25. The van der Waals surface area contributed by atoms with Gasteiger partial charge in [-0.3, -0.25) is 4.79 Å². The second kappa shape index (κ2) is 7.38. The molecular weight excluding hydrogens is 318 g/mol. The third-order valence-corrected chi connectivity index (χ3v) is 3.82. The molecule has 0 saturated carbocycles. The molecule has 132 valence electrons. The molecule has 0 spiro atoms. The fourth-order valence-corrected chi connectivity index (χ4v) is 2.30. The van der Waals surface area contributed by atoms with Crippen LogP contribution in [0.1, 0.15) is 43.6 Å². The minimum absolute atomic E-state index is 0.0394. The van der Waals surface area contributed by atoms with E-state index in [1.165, 1.54) is 11.6 Å². The lowest BCUT2D eigenvalue weighted by atomic mass is 9.87. The van der Waals surface area contributed by atoms with Gasteiger partial charge in [-0.15, -0.1) is 0 Å². The highest BCUT2D eigenvalue weighted by atomic mass is 16.5. The number of carbonyl (C=O) groups is 2. The number of rotatable bonds is 5. The third kappa shape index (κ3) is 4.83. The lowest BCUT2D eigenvalue weighted by molar-refractivity contribution is -0.122. The summed E-state index contributed by atoms with van der Waals surface area (Å²) in [6.07, 6.45) is -0.762. The molecule has 5 heteroatoms. The molecule has 25 heavy (non-hydrogen) atoms. The Labute approximate surface area is 147 Å². The van der Waals surface area contributed by atoms with Crippen molar-refractivity contribution in [2.45, 2.75) is 39.2 Å². The van der Waals surface area contributed by atoms with E-state index in [0.717, 1.165) is 0 Å². The van der Waals surface area contributed by atoms with Crippen LogP contribution in [0.3, 0.4) is 0 Å². The van der Waals surface area contributed by atoms with E-state index >= 15 is 0 Å². The molecule has 2 aromatic carbocycles. The van der Waals surface area contributed by atoms with Crippen molar-refractivity contribution in [3.63, 3.8) is 0 Å². The quantitative estimate of drug-likeness (QED) is 0.859. The standard InChI is InChI=1S/C20H23NO4/c1-13(25-15-11-9-14(10-12-15)20(2,3)4)18(22)21-17-8-6-5-7-16(17)19(23)24/h5-13H,1-4H3,(H,21,22)(H,23,24). The highest BCUT2D eigenvalue weighted by molar-refractivity contribution is 6.01. The van der Waals surface area contributed by atoms with E-state index in [2.05, 4.69) is 26.1 Å². The number of anilines is 1. The second-order valence-electron chi connectivity index (χ2n) is 6.87. The van der Waals surface area contributed by atoms with Crippen LogP contribution in [0.4, 0.5) is 5.69 Å². The minimum Gasteiger partial charge on any atom is -0.481 e. The van der Waals surface area contributed by atoms with Gasteiger partial charge in [0.25, 0.3) is 5.91 Å². The Morgan fingerprint density at radius 3 is 2.20 bits per heavy atom. The number of nitrogens with one attached hydrogen (secondary N) is 1. The van der Waals surface area contributed by atoms with Gasteiger partial charge in [0.15, 0.2) is 6.10 Å². The maximum atomic E-state index is 12.3. The lowest BCUT2D eigenvalue weighted by Crippen LogP contribution is -2.30. The normalized spacial score (nSPS) is 12.3. The zero-order valence-electron chi connectivity index (χ0n) is 14.9. The van der Waals surface area contributed by atoms with Crippen LogP contribution in [0, 0.1) is 0 Å². The molecule has 1 atom stereocenters. The summed E-state index contributed by atoms with van der Waals surface area (Å²) in [5.74, 6) is -0.919. The molecule has 0 aliphatic rings. The number of carbonyl (C=O) groups excluding carboxylic acids is 1. The lowest BCUT2D eigenvalue weighted by Gasteiger charge is -2.20. The molecule has 0 saturated heterocycles. The summed E-state index contributed by atoms with van der Waals surface area (Å²) < 4.78 is 5.66. The van der Waals surface area contributed by atoms with Crippen molar-refractivity contribution in [3.8, 4) is 5.75 Å². The second-order valence-corrected chi connectivity index (χ2v) is 6.87. The van der Waals surface area contributed by atoms with Crippen molar-refractivity contribution in [1.29, 1.82) is 0 Å². The summed E-state index contributed by atoms with van der Waals surface area (Å²) in [5, 5.41) is 11.8. The van der Waals surface area contributed by atoms with Gasteiger partial charge in [-0.2, -0.15) is 0 Å². The van der Waals surface area contributed by atoms with Gasteiger partial charge in [0.1, 0.15) is 5.75 Å². The summed E-state index contributed by atoms with van der Waals surface area (Å²) in [6, 6.07) is 13.9. The summed E-state index contributed by atoms with van der Waals surface area (Å²) in [7, 11) is 0. The molecular formula is C20H23NO4. The molecule has 0 radical (unpaired) electrons. The Morgan fingerprint density at radius 1 is 1.04 bits per heavy atom. The molecule has 0 aliphatic carbocycles. The summed E-state index contributed by atoms with van der Waals surface area (Å²) in [4.78, 5) is 23.5. The van der Waals surface area contributed by atoms with Crippen LogP contribution < -0.4 is 10.1 Å². The Balaban J connectivity index is 2.05. The predicted octanol–water partition coefficient (Wildman–Crippen LogP) is 4.09. The summed E-state index contributed by atoms with van der Waals surface area (Å²) >= 11 is 0. The summed E-state index contributed by atoms with van der Waals surface area (Å²) in [6.45, 7) is 7.99.